The Bertz CT molecular complexity index is 522. The number of fused-ring (bicyclic) bond motifs is 1. The average molecular weight is 259 g/mol. The SMILES string of the molecule is CCC(Nc1ncnc2c1CCC2)c1cccs1. The summed E-state index contributed by atoms with van der Waals surface area (Å²) in [4.78, 5) is 10.2. The van der Waals surface area contributed by atoms with Gasteiger partial charge in [-0.25, -0.2) is 9.97 Å². The van der Waals surface area contributed by atoms with Gasteiger partial charge >= 0.3 is 0 Å². The molecule has 1 aliphatic rings. The topological polar surface area (TPSA) is 37.8 Å². The van der Waals surface area contributed by atoms with Crippen molar-refractivity contribution in [3.05, 3.63) is 40.0 Å². The molecule has 2 aromatic heterocycles. The maximum atomic E-state index is 4.43. The van der Waals surface area contributed by atoms with Gasteiger partial charge in [-0.2, -0.15) is 0 Å². The molecule has 0 bridgehead atoms. The molecule has 1 atom stereocenters. The Kier molecular flexibility index (Phi) is 3.28. The summed E-state index contributed by atoms with van der Waals surface area (Å²) >= 11 is 1.80. The molecule has 0 aromatic carbocycles. The monoisotopic (exact) mass is 259 g/mol. The summed E-state index contributed by atoms with van der Waals surface area (Å²) in [5.74, 6) is 1.04. The van der Waals surface area contributed by atoms with Crippen LogP contribution in [-0.2, 0) is 12.8 Å². The van der Waals surface area contributed by atoms with Crippen LogP contribution in [0, 0.1) is 0 Å². The van der Waals surface area contributed by atoms with Crippen LogP contribution in [0.5, 0.6) is 0 Å². The Labute approximate surface area is 111 Å². The number of rotatable bonds is 4. The zero-order valence-corrected chi connectivity index (χ0v) is 11.3. The summed E-state index contributed by atoms with van der Waals surface area (Å²) in [6.07, 6.45) is 6.17. The number of aryl methyl sites for hydroxylation is 1. The van der Waals surface area contributed by atoms with E-state index in [-0.39, 0.29) is 0 Å². The van der Waals surface area contributed by atoms with Crippen molar-refractivity contribution in [1.29, 1.82) is 0 Å². The van der Waals surface area contributed by atoms with Gasteiger partial charge in [0.15, 0.2) is 0 Å². The van der Waals surface area contributed by atoms with Crippen LogP contribution in [0.1, 0.15) is 41.9 Å². The number of hydrogen-bond acceptors (Lipinski definition) is 4. The van der Waals surface area contributed by atoms with Crippen LogP contribution in [0.2, 0.25) is 0 Å². The van der Waals surface area contributed by atoms with Crippen molar-refractivity contribution in [3.63, 3.8) is 0 Å². The minimum atomic E-state index is 0.365. The largest absolute Gasteiger partial charge is 0.362 e. The Morgan fingerprint density at radius 1 is 1.39 bits per heavy atom. The molecule has 0 spiro atoms. The first-order chi connectivity index (χ1) is 8.88. The predicted molar refractivity (Wildman–Crippen MR) is 75.0 cm³/mol. The first-order valence-electron chi connectivity index (χ1n) is 6.51. The van der Waals surface area contributed by atoms with Crippen LogP contribution >= 0.6 is 11.3 Å². The zero-order chi connectivity index (χ0) is 12.4. The molecule has 0 saturated heterocycles. The number of hydrogen-bond donors (Lipinski definition) is 1. The molecule has 2 aromatic rings. The summed E-state index contributed by atoms with van der Waals surface area (Å²) in [6.45, 7) is 2.21. The van der Waals surface area contributed by atoms with Crippen LogP contribution < -0.4 is 5.32 Å². The summed E-state index contributed by atoms with van der Waals surface area (Å²) in [7, 11) is 0. The predicted octanol–water partition coefficient (Wildman–Crippen LogP) is 3.59. The summed E-state index contributed by atoms with van der Waals surface area (Å²) in [6, 6.07) is 4.66. The minimum Gasteiger partial charge on any atom is -0.362 e. The molecule has 1 unspecified atom stereocenters. The molecule has 18 heavy (non-hydrogen) atoms. The smallest absolute Gasteiger partial charge is 0.133 e. The highest BCUT2D eigenvalue weighted by molar-refractivity contribution is 7.10. The molecule has 0 fully saturated rings. The fraction of sp³-hybridized carbons (Fsp3) is 0.429. The maximum Gasteiger partial charge on any atom is 0.133 e. The second-order valence-electron chi connectivity index (χ2n) is 4.62. The van der Waals surface area contributed by atoms with E-state index >= 15 is 0 Å². The molecule has 0 saturated carbocycles. The van der Waals surface area contributed by atoms with Gasteiger partial charge in [0.25, 0.3) is 0 Å². The van der Waals surface area contributed by atoms with E-state index in [1.54, 1.807) is 17.7 Å². The maximum absolute atomic E-state index is 4.43. The van der Waals surface area contributed by atoms with Crippen molar-refractivity contribution in [1.82, 2.24) is 9.97 Å². The third-order valence-electron chi connectivity index (χ3n) is 3.48. The lowest BCUT2D eigenvalue weighted by Gasteiger charge is -2.18. The lowest BCUT2D eigenvalue weighted by Crippen LogP contribution is -2.11. The number of nitrogens with zero attached hydrogens (tertiary/aromatic N) is 2. The number of nitrogens with one attached hydrogen (secondary N) is 1. The van der Waals surface area contributed by atoms with Gasteiger partial charge < -0.3 is 5.32 Å². The molecular weight excluding hydrogens is 242 g/mol. The van der Waals surface area contributed by atoms with Gasteiger partial charge in [-0.05, 0) is 37.1 Å². The summed E-state index contributed by atoms with van der Waals surface area (Å²) in [5.41, 5.74) is 2.56. The molecule has 1 N–H and O–H groups in total. The highest BCUT2D eigenvalue weighted by Crippen LogP contribution is 2.30. The van der Waals surface area contributed by atoms with Crippen molar-refractivity contribution in [2.75, 3.05) is 5.32 Å². The van der Waals surface area contributed by atoms with Crippen LogP contribution in [0.15, 0.2) is 23.8 Å². The van der Waals surface area contributed by atoms with E-state index < -0.39 is 0 Å². The minimum absolute atomic E-state index is 0.365. The van der Waals surface area contributed by atoms with Crippen LogP contribution in [-0.4, -0.2) is 9.97 Å². The van der Waals surface area contributed by atoms with Gasteiger partial charge in [0, 0.05) is 16.1 Å². The summed E-state index contributed by atoms with van der Waals surface area (Å²) < 4.78 is 0. The Balaban J connectivity index is 1.86. The first-order valence-corrected chi connectivity index (χ1v) is 7.39. The molecule has 3 nitrogen and oxygen atoms in total. The molecule has 0 aliphatic heterocycles. The number of thiophene rings is 1. The molecule has 0 amide bonds. The Morgan fingerprint density at radius 2 is 2.33 bits per heavy atom. The fourth-order valence-electron chi connectivity index (χ4n) is 2.51. The Morgan fingerprint density at radius 3 is 3.11 bits per heavy atom. The standard InChI is InChI=1S/C14H17N3S/c1-2-11(13-7-4-8-18-13)17-14-10-5-3-6-12(10)15-9-16-14/h4,7-9,11H,2-3,5-6H2,1H3,(H,15,16,17). The highest BCUT2D eigenvalue weighted by Gasteiger charge is 2.19. The lowest BCUT2D eigenvalue weighted by molar-refractivity contribution is 0.755. The van der Waals surface area contributed by atoms with Gasteiger partial charge in [0.1, 0.15) is 12.1 Å². The van der Waals surface area contributed by atoms with Crippen LogP contribution in [0.4, 0.5) is 5.82 Å². The molecular formula is C14H17N3S. The van der Waals surface area contributed by atoms with Gasteiger partial charge in [-0.1, -0.05) is 13.0 Å². The van der Waals surface area contributed by atoms with Crippen molar-refractivity contribution in [2.45, 2.75) is 38.6 Å². The molecule has 1 aliphatic carbocycles. The second-order valence-corrected chi connectivity index (χ2v) is 5.60. The van der Waals surface area contributed by atoms with Crippen molar-refractivity contribution < 1.29 is 0 Å². The Hall–Kier alpha value is -1.42. The van der Waals surface area contributed by atoms with E-state index in [9.17, 15) is 0 Å². The zero-order valence-electron chi connectivity index (χ0n) is 10.5. The van der Waals surface area contributed by atoms with E-state index in [0.29, 0.717) is 6.04 Å². The van der Waals surface area contributed by atoms with E-state index in [1.165, 1.54) is 22.6 Å². The van der Waals surface area contributed by atoms with E-state index in [4.69, 9.17) is 0 Å². The van der Waals surface area contributed by atoms with Gasteiger partial charge in [-0.3, -0.25) is 0 Å². The molecule has 2 heterocycles. The van der Waals surface area contributed by atoms with Crippen molar-refractivity contribution >= 4 is 17.2 Å². The molecule has 3 rings (SSSR count). The normalized spacial score (nSPS) is 15.4. The van der Waals surface area contributed by atoms with Crippen molar-refractivity contribution in [3.8, 4) is 0 Å². The second kappa shape index (κ2) is 5.06. The third-order valence-corrected chi connectivity index (χ3v) is 4.47. The van der Waals surface area contributed by atoms with Gasteiger partial charge in [0.05, 0.1) is 6.04 Å². The highest BCUT2D eigenvalue weighted by atomic mass is 32.1. The molecule has 94 valence electrons. The molecule has 4 heteroatoms. The average Bonchev–Trinajstić information content (AvgIpc) is 3.06. The lowest BCUT2D eigenvalue weighted by atomic mass is 10.1. The van der Waals surface area contributed by atoms with Crippen LogP contribution in [0.25, 0.3) is 0 Å². The fourth-order valence-corrected chi connectivity index (χ4v) is 3.37. The van der Waals surface area contributed by atoms with Crippen LogP contribution in [0.3, 0.4) is 0 Å². The quantitative estimate of drug-likeness (QED) is 0.911. The molecule has 0 radical (unpaired) electrons. The number of anilines is 1. The van der Waals surface area contributed by atoms with Gasteiger partial charge in [0.2, 0.25) is 0 Å². The first kappa shape index (κ1) is 11.7. The van der Waals surface area contributed by atoms with Gasteiger partial charge in [-0.15, -0.1) is 11.3 Å². The summed E-state index contributed by atoms with van der Waals surface area (Å²) in [5, 5.41) is 5.72. The van der Waals surface area contributed by atoms with E-state index in [2.05, 4.69) is 39.7 Å². The van der Waals surface area contributed by atoms with Crippen molar-refractivity contribution in [2.24, 2.45) is 0 Å². The van der Waals surface area contributed by atoms with E-state index in [0.717, 1.165) is 25.1 Å². The number of aromatic nitrogens is 2. The third kappa shape index (κ3) is 2.12. The van der Waals surface area contributed by atoms with E-state index in [1.807, 2.05) is 0 Å².